The third-order valence-corrected chi connectivity index (χ3v) is 4.25. The van der Waals surface area contributed by atoms with Gasteiger partial charge in [0.25, 0.3) is 5.56 Å². The van der Waals surface area contributed by atoms with Crippen molar-refractivity contribution in [2.24, 2.45) is 0 Å². The maximum atomic E-state index is 12.9. The summed E-state index contributed by atoms with van der Waals surface area (Å²) in [5.74, 6) is 0.782. The van der Waals surface area contributed by atoms with Crippen LogP contribution in [0.1, 0.15) is 11.3 Å². The van der Waals surface area contributed by atoms with E-state index in [0.29, 0.717) is 17.3 Å². The molecule has 0 aliphatic carbocycles. The van der Waals surface area contributed by atoms with E-state index in [1.54, 1.807) is 11.7 Å². The molecular weight excluding hydrogens is 322 g/mol. The first-order valence-electron chi connectivity index (χ1n) is 7.44. The summed E-state index contributed by atoms with van der Waals surface area (Å²) >= 11 is 1.40. The molecule has 6 heteroatoms. The maximum Gasteiger partial charge on any atom is 0.281 e. The Balaban J connectivity index is 2.02. The molecule has 0 fully saturated rings. The Labute approximate surface area is 144 Å². The van der Waals surface area contributed by atoms with Crippen LogP contribution in [0.4, 0.5) is 0 Å². The molecule has 3 aromatic rings. The van der Waals surface area contributed by atoms with Gasteiger partial charge in [0.2, 0.25) is 0 Å². The van der Waals surface area contributed by atoms with Crippen LogP contribution in [0.15, 0.2) is 64.5 Å². The van der Waals surface area contributed by atoms with Gasteiger partial charge in [0.05, 0.1) is 12.8 Å². The Morgan fingerprint density at radius 2 is 1.75 bits per heavy atom. The Bertz CT molecular complexity index is 877. The van der Waals surface area contributed by atoms with Crippen molar-refractivity contribution >= 4 is 11.8 Å². The van der Waals surface area contributed by atoms with Crippen LogP contribution < -0.4 is 10.3 Å². The number of hydrogen-bond donors (Lipinski definition) is 0. The van der Waals surface area contributed by atoms with E-state index >= 15 is 0 Å². The number of methoxy groups -OCH3 is 1. The zero-order chi connectivity index (χ0) is 16.9. The van der Waals surface area contributed by atoms with E-state index < -0.39 is 0 Å². The highest BCUT2D eigenvalue weighted by molar-refractivity contribution is 7.98. The van der Waals surface area contributed by atoms with Gasteiger partial charge in [0.1, 0.15) is 11.4 Å². The van der Waals surface area contributed by atoms with E-state index in [1.807, 2.05) is 60.9 Å². The van der Waals surface area contributed by atoms with E-state index in [1.165, 1.54) is 11.8 Å². The lowest BCUT2D eigenvalue weighted by Crippen LogP contribution is -2.27. The molecule has 122 valence electrons. The number of para-hydroxylation sites is 1. The molecule has 0 aliphatic rings. The molecule has 5 nitrogen and oxygen atoms in total. The molecule has 1 heterocycles. The molecule has 0 amide bonds. The fourth-order valence-corrected chi connectivity index (χ4v) is 2.88. The van der Waals surface area contributed by atoms with Crippen molar-refractivity contribution in [1.82, 2.24) is 14.8 Å². The lowest BCUT2D eigenvalue weighted by Gasteiger charge is -2.11. The van der Waals surface area contributed by atoms with Crippen molar-refractivity contribution in [3.8, 4) is 11.4 Å². The monoisotopic (exact) mass is 339 g/mol. The van der Waals surface area contributed by atoms with Gasteiger partial charge in [-0.1, -0.05) is 42.1 Å². The highest BCUT2D eigenvalue weighted by Crippen LogP contribution is 2.16. The second-order valence-electron chi connectivity index (χ2n) is 5.13. The molecular formula is C18H17N3O2S. The summed E-state index contributed by atoms with van der Waals surface area (Å²) in [5, 5.41) is 8.93. The Morgan fingerprint density at radius 1 is 1.04 bits per heavy atom. The Hall–Kier alpha value is -2.60. The number of nitrogens with zero attached hydrogens (tertiary/aromatic N) is 3. The average Bonchev–Trinajstić information content (AvgIpc) is 2.64. The van der Waals surface area contributed by atoms with Gasteiger partial charge in [0, 0.05) is 6.42 Å². The molecule has 0 radical (unpaired) electrons. The van der Waals surface area contributed by atoms with Crippen molar-refractivity contribution in [3.05, 3.63) is 76.2 Å². The van der Waals surface area contributed by atoms with Crippen molar-refractivity contribution in [2.75, 3.05) is 13.4 Å². The zero-order valence-electron chi connectivity index (χ0n) is 13.5. The summed E-state index contributed by atoms with van der Waals surface area (Å²) in [6, 6.07) is 17.1. The van der Waals surface area contributed by atoms with Crippen molar-refractivity contribution < 1.29 is 4.74 Å². The molecule has 0 N–H and O–H groups in total. The van der Waals surface area contributed by atoms with Crippen LogP contribution in [0.25, 0.3) is 5.69 Å². The number of rotatable bonds is 5. The fourth-order valence-electron chi connectivity index (χ4n) is 2.39. The summed E-state index contributed by atoms with van der Waals surface area (Å²) in [7, 11) is 1.63. The van der Waals surface area contributed by atoms with E-state index in [9.17, 15) is 4.79 Å². The van der Waals surface area contributed by atoms with Gasteiger partial charge in [-0.3, -0.25) is 9.36 Å². The zero-order valence-corrected chi connectivity index (χ0v) is 14.3. The summed E-state index contributed by atoms with van der Waals surface area (Å²) in [6.07, 6.45) is 2.31. The van der Waals surface area contributed by atoms with Crippen LogP contribution in [0.2, 0.25) is 0 Å². The highest BCUT2D eigenvalue weighted by atomic mass is 32.2. The molecule has 1 aromatic heterocycles. The first-order valence-corrected chi connectivity index (χ1v) is 8.66. The molecule has 0 spiro atoms. The first kappa shape index (κ1) is 16.3. The number of thioether (sulfide) groups is 1. The lowest BCUT2D eigenvalue weighted by molar-refractivity contribution is 0.414. The minimum atomic E-state index is -0.142. The molecule has 0 saturated carbocycles. The summed E-state index contributed by atoms with van der Waals surface area (Å²) < 4.78 is 6.76. The third kappa shape index (κ3) is 3.33. The summed E-state index contributed by atoms with van der Waals surface area (Å²) in [5.41, 5.74) is 2.05. The van der Waals surface area contributed by atoms with Gasteiger partial charge in [-0.15, -0.1) is 10.2 Å². The molecule has 3 rings (SSSR count). The normalized spacial score (nSPS) is 10.6. The quantitative estimate of drug-likeness (QED) is 0.669. The Morgan fingerprint density at radius 3 is 2.38 bits per heavy atom. The second-order valence-corrected chi connectivity index (χ2v) is 5.91. The van der Waals surface area contributed by atoms with Crippen LogP contribution in [0.3, 0.4) is 0 Å². The molecule has 0 saturated heterocycles. The van der Waals surface area contributed by atoms with Crippen molar-refractivity contribution in [3.63, 3.8) is 0 Å². The summed E-state index contributed by atoms with van der Waals surface area (Å²) in [6.45, 7) is 0. The standard InChI is InChI=1S/C18H17N3O2S/c1-23-15-10-8-13(9-11-15)12-16-17(22)21(18(24-2)20-19-16)14-6-4-3-5-7-14/h3-11H,12H2,1-2H3. The minimum Gasteiger partial charge on any atom is -0.497 e. The maximum absolute atomic E-state index is 12.9. The van der Waals surface area contributed by atoms with E-state index in [-0.39, 0.29) is 5.56 Å². The fraction of sp³-hybridized carbons (Fsp3) is 0.167. The van der Waals surface area contributed by atoms with Gasteiger partial charge < -0.3 is 4.74 Å². The molecule has 0 bridgehead atoms. The lowest BCUT2D eigenvalue weighted by atomic mass is 10.1. The highest BCUT2D eigenvalue weighted by Gasteiger charge is 2.13. The number of ether oxygens (including phenoxy) is 1. The van der Waals surface area contributed by atoms with Crippen LogP contribution in [0, 0.1) is 0 Å². The van der Waals surface area contributed by atoms with Crippen molar-refractivity contribution in [1.29, 1.82) is 0 Å². The number of benzene rings is 2. The third-order valence-electron chi connectivity index (χ3n) is 3.63. The minimum absolute atomic E-state index is 0.142. The van der Waals surface area contributed by atoms with Crippen LogP contribution in [0.5, 0.6) is 5.75 Å². The molecule has 2 aromatic carbocycles. The van der Waals surface area contributed by atoms with Gasteiger partial charge >= 0.3 is 0 Å². The SMILES string of the molecule is COc1ccc(Cc2nnc(SC)n(-c3ccccc3)c2=O)cc1. The first-order chi connectivity index (χ1) is 11.7. The van der Waals surface area contributed by atoms with Crippen LogP contribution in [-0.2, 0) is 6.42 Å². The van der Waals surface area contributed by atoms with Crippen LogP contribution in [-0.4, -0.2) is 28.1 Å². The topological polar surface area (TPSA) is 57.0 Å². The average molecular weight is 339 g/mol. The van der Waals surface area contributed by atoms with E-state index in [4.69, 9.17) is 4.74 Å². The second kappa shape index (κ2) is 7.31. The van der Waals surface area contributed by atoms with Gasteiger partial charge in [0.15, 0.2) is 5.16 Å². The molecule has 0 atom stereocenters. The van der Waals surface area contributed by atoms with E-state index in [0.717, 1.165) is 17.0 Å². The van der Waals surface area contributed by atoms with Crippen molar-refractivity contribution in [2.45, 2.75) is 11.6 Å². The number of hydrogen-bond acceptors (Lipinski definition) is 5. The largest absolute Gasteiger partial charge is 0.497 e. The predicted octanol–water partition coefficient (Wildman–Crippen LogP) is 2.95. The van der Waals surface area contributed by atoms with Gasteiger partial charge in [-0.25, -0.2) is 0 Å². The predicted molar refractivity (Wildman–Crippen MR) is 95.2 cm³/mol. The Kier molecular flexibility index (Phi) is 4.96. The molecule has 0 aliphatic heterocycles. The van der Waals surface area contributed by atoms with Gasteiger partial charge in [-0.2, -0.15) is 0 Å². The smallest absolute Gasteiger partial charge is 0.281 e. The summed E-state index contributed by atoms with van der Waals surface area (Å²) in [4.78, 5) is 12.9. The van der Waals surface area contributed by atoms with Gasteiger partial charge in [-0.05, 0) is 36.1 Å². The molecule has 0 unspecified atom stereocenters. The number of aromatic nitrogens is 3. The van der Waals surface area contributed by atoms with Crippen LogP contribution >= 0.6 is 11.8 Å². The van der Waals surface area contributed by atoms with E-state index in [2.05, 4.69) is 10.2 Å². The molecule has 24 heavy (non-hydrogen) atoms.